The van der Waals surface area contributed by atoms with Gasteiger partial charge in [0.1, 0.15) is 11.6 Å². The molecule has 7 nitrogen and oxygen atoms in total. The molecule has 33 heavy (non-hydrogen) atoms. The second-order valence-electron chi connectivity index (χ2n) is 8.65. The Balaban J connectivity index is 1.15. The van der Waals surface area contributed by atoms with Crippen LogP contribution in [-0.2, 0) is 11.3 Å². The summed E-state index contributed by atoms with van der Waals surface area (Å²) in [5.74, 6) is 0.393. The van der Waals surface area contributed by atoms with Crippen LogP contribution >= 0.6 is 0 Å². The highest BCUT2D eigenvalue weighted by Gasteiger charge is 2.22. The van der Waals surface area contributed by atoms with Crippen molar-refractivity contribution in [3.63, 3.8) is 0 Å². The van der Waals surface area contributed by atoms with Crippen LogP contribution in [0, 0.1) is 5.82 Å². The molecule has 2 fully saturated rings. The molecule has 1 saturated carbocycles. The monoisotopic (exact) mass is 454 g/mol. The second kappa shape index (κ2) is 11.1. The van der Waals surface area contributed by atoms with Gasteiger partial charge in [0.05, 0.1) is 12.6 Å². The van der Waals surface area contributed by atoms with Gasteiger partial charge in [-0.15, -0.1) is 0 Å². The van der Waals surface area contributed by atoms with Gasteiger partial charge in [0, 0.05) is 38.4 Å². The number of carbonyl (C=O) groups excluding carboxylic acids is 2. The predicted molar refractivity (Wildman–Crippen MR) is 125 cm³/mol. The second-order valence-corrected chi connectivity index (χ2v) is 8.65. The largest absolute Gasteiger partial charge is 0.490 e. The molecule has 176 valence electrons. The number of halogens is 1. The number of amides is 3. The standard InChI is InChI=1S/C25H31FN4O3/c26-20-7-9-21(10-8-20)28-24(31)18-29-13-15-30(16-14-29)25(32)27-17-19-5-11-23(12-6-19)33-22-3-1-2-4-22/h5-12,22H,1-4,13-18H2,(H,27,32)(H,28,31). The van der Waals surface area contributed by atoms with Gasteiger partial charge in [-0.05, 0) is 67.6 Å². The van der Waals surface area contributed by atoms with Gasteiger partial charge in [0.2, 0.25) is 5.91 Å². The van der Waals surface area contributed by atoms with Gasteiger partial charge >= 0.3 is 6.03 Å². The van der Waals surface area contributed by atoms with Crippen LogP contribution in [0.4, 0.5) is 14.9 Å². The number of urea groups is 1. The van der Waals surface area contributed by atoms with E-state index in [1.165, 1.54) is 37.1 Å². The molecular weight excluding hydrogens is 423 g/mol. The maximum absolute atomic E-state index is 13.0. The summed E-state index contributed by atoms with van der Waals surface area (Å²) < 4.78 is 19.0. The molecule has 1 aliphatic heterocycles. The van der Waals surface area contributed by atoms with E-state index in [0.717, 1.165) is 24.2 Å². The first-order valence-corrected chi connectivity index (χ1v) is 11.6. The Morgan fingerprint density at radius 1 is 0.939 bits per heavy atom. The summed E-state index contributed by atoms with van der Waals surface area (Å²) in [6, 6.07) is 13.5. The first kappa shape index (κ1) is 23.0. The lowest BCUT2D eigenvalue weighted by Gasteiger charge is -2.34. The molecule has 3 amide bonds. The zero-order valence-electron chi connectivity index (χ0n) is 18.8. The molecule has 2 aromatic carbocycles. The number of carbonyl (C=O) groups is 2. The Morgan fingerprint density at radius 3 is 2.27 bits per heavy atom. The molecule has 8 heteroatoms. The third-order valence-electron chi connectivity index (χ3n) is 6.13. The average Bonchev–Trinajstić information content (AvgIpc) is 3.33. The van der Waals surface area contributed by atoms with E-state index in [9.17, 15) is 14.0 Å². The molecule has 0 radical (unpaired) electrons. The highest BCUT2D eigenvalue weighted by atomic mass is 19.1. The van der Waals surface area contributed by atoms with Gasteiger partial charge in [0.15, 0.2) is 0 Å². The molecule has 0 bridgehead atoms. The van der Waals surface area contributed by atoms with Crippen molar-refractivity contribution in [2.24, 2.45) is 0 Å². The topological polar surface area (TPSA) is 73.9 Å². The smallest absolute Gasteiger partial charge is 0.317 e. The van der Waals surface area contributed by atoms with Crippen molar-refractivity contribution < 1.29 is 18.7 Å². The lowest BCUT2D eigenvalue weighted by molar-refractivity contribution is -0.117. The molecule has 1 heterocycles. The van der Waals surface area contributed by atoms with Gasteiger partial charge < -0.3 is 20.3 Å². The Morgan fingerprint density at radius 2 is 1.61 bits per heavy atom. The van der Waals surface area contributed by atoms with Gasteiger partial charge in [-0.2, -0.15) is 0 Å². The van der Waals surface area contributed by atoms with Gasteiger partial charge in [-0.3, -0.25) is 9.69 Å². The quantitative estimate of drug-likeness (QED) is 0.670. The zero-order chi connectivity index (χ0) is 23.0. The highest BCUT2D eigenvalue weighted by Crippen LogP contribution is 2.24. The predicted octanol–water partition coefficient (Wildman–Crippen LogP) is 3.61. The zero-order valence-corrected chi connectivity index (χ0v) is 18.8. The molecule has 4 rings (SSSR count). The van der Waals surface area contributed by atoms with E-state index in [-0.39, 0.29) is 24.3 Å². The summed E-state index contributed by atoms with van der Waals surface area (Å²) in [5.41, 5.74) is 1.59. The minimum atomic E-state index is -0.340. The molecule has 0 unspecified atom stereocenters. The van der Waals surface area contributed by atoms with Crippen LogP contribution < -0.4 is 15.4 Å². The fourth-order valence-corrected chi connectivity index (χ4v) is 4.22. The molecule has 2 aromatic rings. The van der Waals surface area contributed by atoms with Crippen LogP contribution in [0.5, 0.6) is 5.75 Å². The van der Waals surface area contributed by atoms with Crippen molar-refractivity contribution in [2.45, 2.75) is 38.3 Å². The first-order valence-electron chi connectivity index (χ1n) is 11.6. The van der Waals surface area contributed by atoms with Crippen LogP contribution in [0.3, 0.4) is 0 Å². The van der Waals surface area contributed by atoms with E-state index in [2.05, 4.69) is 10.6 Å². The van der Waals surface area contributed by atoms with E-state index in [0.29, 0.717) is 44.5 Å². The van der Waals surface area contributed by atoms with E-state index in [4.69, 9.17) is 4.74 Å². The van der Waals surface area contributed by atoms with Crippen LogP contribution in [0.1, 0.15) is 31.2 Å². The summed E-state index contributed by atoms with van der Waals surface area (Å²) >= 11 is 0. The number of nitrogens with one attached hydrogen (secondary N) is 2. The van der Waals surface area contributed by atoms with Gasteiger partial charge in [0.25, 0.3) is 0 Å². The Labute approximate surface area is 193 Å². The Hall–Kier alpha value is -3.13. The van der Waals surface area contributed by atoms with Crippen LogP contribution in [0.15, 0.2) is 48.5 Å². The Kier molecular flexibility index (Phi) is 7.78. The third-order valence-corrected chi connectivity index (χ3v) is 6.13. The van der Waals surface area contributed by atoms with Crippen molar-refractivity contribution in [2.75, 3.05) is 38.0 Å². The number of hydrogen-bond donors (Lipinski definition) is 2. The molecule has 2 aliphatic rings. The number of nitrogens with zero attached hydrogens (tertiary/aromatic N) is 2. The lowest BCUT2D eigenvalue weighted by Crippen LogP contribution is -2.52. The number of ether oxygens (including phenoxy) is 1. The number of hydrogen-bond acceptors (Lipinski definition) is 4. The summed E-state index contributed by atoms with van der Waals surface area (Å²) in [7, 11) is 0. The van der Waals surface area contributed by atoms with Crippen LogP contribution in [-0.4, -0.2) is 60.6 Å². The van der Waals surface area contributed by atoms with E-state index in [1.807, 2.05) is 29.2 Å². The molecule has 0 atom stereocenters. The van der Waals surface area contributed by atoms with Gasteiger partial charge in [-0.25, -0.2) is 9.18 Å². The van der Waals surface area contributed by atoms with Crippen LogP contribution in [0.2, 0.25) is 0 Å². The molecule has 1 aliphatic carbocycles. The summed E-state index contributed by atoms with van der Waals surface area (Å²) in [6.45, 7) is 3.06. The minimum absolute atomic E-state index is 0.100. The number of rotatable bonds is 7. The van der Waals surface area contributed by atoms with E-state index < -0.39 is 0 Å². The number of piperazine rings is 1. The molecule has 2 N–H and O–H groups in total. The Bertz CT molecular complexity index is 922. The van der Waals surface area contributed by atoms with Crippen LogP contribution in [0.25, 0.3) is 0 Å². The van der Waals surface area contributed by atoms with E-state index >= 15 is 0 Å². The number of anilines is 1. The van der Waals surface area contributed by atoms with E-state index in [1.54, 1.807) is 4.90 Å². The molecular formula is C25H31FN4O3. The molecule has 0 spiro atoms. The van der Waals surface area contributed by atoms with Crippen molar-refractivity contribution in [1.82, 2.24) is 15.1 Å². The van der Waals surface area contributed by atoms with Crippen molar-refractivity contribution in [1.29, 1.82) is 0 Å². The maximum Gasteiger partial charge on any atom is 0.317 e. The van der Waals surface area contributed by atoms with Crippen molar-refractivity contribution in [3.05, 3.63) is 59.9 Å². The lowest BCUT2D eigenvalue weighted by atomic mass is 10.2. The minimum Gasteiger partial charge on any atom is -0.490 e. The summed E-state index contributed by atoms with van der Waals surface area (Å²) in [4.78, 5) is 28.5. The summed E-state index contributed by atoms with van der Waals surface area (Å²) in [5, 5.41) is 5.74. The molecule has 1 saturated heterocycles. The fraction of sp³-hybridized carbons (Fsp3) is 0.440. The third kappa shape index (κ3) is 6.92. The summed E-state index contributed by atoms with van der Waals surface area (Å²) in [6.07, 6.45) is 5.08. The first-order chi connectivity index (χ1) is 16.0. The SMILES string of the molecule is O=C(CN1CCN(C(=O)NCc2ccc(OC3CCCC3)cc2)CC1)Nc1ccc(F)cc1. The number of benzene rings is 2. The fourth-order valence-electron chi connectivity index (χ4n) is 4.22. The van der Waals surface area contributed by atoms with Gasteiger partial charge in [-0.1, -0.05) is 12.1 Å². The highest BCUT2D eigenvalue weighted by molar-refractivity contribution is 5.92. The molecule has 0 aromatic heterocycles. The normalized spacial score (nSPS) is 17.1. The van der Waals surface area contributed by atoms with Crippen molar-refractivity contribution >= 4 is 17.6 Å². The maximum atomic E-state index is 13.0. The van der Waals surface area contributed by atoms with Crippen molar-refractivity contribution in [3.8, 4) is 5.75 Å². The average molecular weight is 455 g/mol.